The Morgan fingerprint density at radius 2 is 2.05 bits per heavy atom. The monoisotopic (exact) mass is 274 g/mol. The Labute approximate surface area is 119 Å². The number of nitrogens with zero attached hydrogens (tertiary/aromatic N) is 1. The van der Waals surface area contributed by atoms with Crippen LogP contribution in [0.4, 0.5) is 0 Å². The Morgan fingerprint density at radius 3 is 2.63 bits per heavy atom. The van der Waals surface area contributed by atoms with Gasteiger partial charge in [0, 0.05) is 25.1 Å². The van der Waals surface area contributed by atoms with Crippen molar-refractivity contribution in [2.75, 3.05) is 6.54 Å². The Morgan fingerprint density at radius 1 is 1.37 bits per heavy atom. The molecule has 2 rings (SSSR count). The van der Waals surface area contributed by atoms with Gasteiger partial charge in [0.1, 0.15) is 0 Å². The molecule has 0 heterocycles. The third-order valence-electron chi connectivity index (χ3n) is 3.09. The molecule has 0 atom stereocenters. The SMILES string of the molecule is NC(=S)CCN(C(=O)/C=C/c1ccccc1)C1CC1. The van der Waals surface area contributed by atoms with Crippen LogP contribution in [0.3, 0.4) is 0 Å². The first-order valence-electron chi connectivity index (χ1n) is 6.49. The van der Waals surface area contributed by atoms with E-state index in [1.165, 1.54) is 0 Å². The zero-order valence-electron chi connectivity index (χ0n) is 10.8. The summed E-state index contributed by atoms with van der Waals surface area (Å²) in [4.78, 5) is 14.5. The predicted molar refractivity (Wildman–Crippen MR) is 81.6 cm³/mol. The summed E-state index contributed by atoms with van der Waals surface area (Å²) in [5.74, 6) is 0.0441. The van der Waals surface area contributed by atoms with Crippen molar-refractivity contribution in [3.05, 3.63) is 42.0 Å². The summed E-state index contributed by atoms with van der Waals surface area (Å²) in [5.41, 5.74) is 6.53. The maximum absolute atomic E-state index is 12.2. The average Bonchev–Trinajstić information content (AvgIpc) is 3.22. The van der Waals surface area contributed by atoms with Gasteiger partial charge in [-0.05, 0) is 24.5 Å². The van der Waals surface area contributed by atoms with E-state index < -0.39 is 0 Å². The molecule has 100 valence electrons. The van der Waals surface area contributed by atoms with E-state index in [-0.39, 0.29) is 5.91 Å². The molecule has 1 amide bonds. The van der Waals surface area contributed by atoms with E-state index in [1.807, 2.05) is 41.3 Å². The van der Waals surface area contributed by atoms with E-state index >= 15 is 0 Å². The minimum Gasteiger partial charge on any atom is -0.393 e. The van der Waals surface area contributed by atoms with Crippen LogP contribution < -0.4 is 5.73 Å². The molecule has 1 fully saturated rings. The van der Waals surface area contributed by atoms with Gasteiger partial charge in [-0.1, -0.05) is 42.5 Å². The van der Waals surface area contributed by atoms with Crippen molar-refractivity contribution < 1.29 is 4.79 Å². The number of benzene rings is 1. The highest BCUT2D eigenvalue weighted by Crippen LogP contribution is 2.27. The zero-order valence-corrected chi connectivity index (χ0v) is 11.6. The number of rotatable bonds is 6. The van der Waals surface area contributed by atoms with E-state index in [1.54, 1.807) is 6.08 Å². The summed E-state index contributed by atoms with van der Waals surface area (Å²) in [7, 11) is 0. The number of carbonyl (C=O) groups is 1. The second-order valence-electron chi connectivity index (χ2n) is 4.72. The molecule has 1 aliphatic carbocycles. The van der Waals surface area contributed by atoms with E-state index in [9.17, 15) is 4.79 Å². The minimum atomic E-state index is 0.0441. The molecule has 0 bridgehead atoms. The number of carbonyl (C=O) groups excluding carboxylic acids is 1. The molecule has 0 radical (unpaired) electrons. The topological polar surface area (TPSA) is 46.3 Å². The Kier molecular flexibility index (Phi) is 4.68. The Balaban J connectivity index is 1.95. The smallest absolute Gasteiger partial charge is 0.246 e. The van der Waals surface area contributed by atoms with Crippen molar-refractivity contribution in [3.63, 3.8) is 0 Å². The fourth-order valence-corrected chi connectivity index (χ4v) is 2.01. The summed E-state index contributed by atoms with van der Waals surface area (Å²) in [5, 5.41) is 0. The molecule has 0 aliphatic heterocycles. The van der Waals surface area contributed by atoms with Gasteiger partial charge in [-0.2, -0.15) is 0 Å². The maximum Gasteiger partial charge on any atom is 0.246 e. The molecule has 0 saturated heterocycles. The first kappa shape index (κ1) is 13.7. The number of hydrogen-bond donors (Lipinski definition) is 1. The van der Waals surface area contributed by atoms with Gasteiger partial charge < -0.3 is 10.6 Å². The van der Waals surface area contributed by atoms with Crippen LogP contribution >= 0.6 is 12.2 Å². The highest BCUT2D eigenvalue weighted by Gasteiger charge is 2.31. The molecule has 1 aliphatic rings. The van der Waals surface area contributed by atoms with Crippen molar-refractivity contribution in [1.82, 2.24) is 4.90 Å². The van der Waals surface area contributed by atoms with E-state index in [2.05, 4.69) is 0 Å². The maximum atomic E-state index is 12.2. The van der Waals surface area contributed by atoms with Crippen molar-refractivity contribution in [2.24, 2.45) is 5.73 Å². The molecule has 0 unspecified atom stereocenters. The van der Waals surface area contributed by atoms with Crippen LogP contribution in [0.25, 0.3) is 6.08 Å². The molecular formula is C15H18N2OS. The van der Waals surface area contributed by atoms with Gasteiger partial charge in [0.15, 0.2) is 0 Å². The second-order valence-corrected chi connectivity index (χ2v) is 5.25. The normalized spacial score (nSPS) is 14.5. The molecule has 1 saturated carbocycles. The van der Waals surface area contributed by atoms with E-state index in [0.717, 1.165) is 18.4 Å². The van der Waals surface area contributed by atoms with Crippen LogP contribution in [0.1, 0.15) is 24.8 Å². The van der Waals surface area contributed by atoms with Crippen LogP contribution in [0.15, 0.2) is 36.4 Å². The lowest BCUT2D eigenvalue weighted by Crippen LogP contribution is -2.34. The summed E-state index contributed by atoms with van der Waals surface area (Å²) >= 11 is 4.87. The second kappa shape index (κ2) is 6.48. The highest BCUT2D eigenvalue weighted by atomic mass is 32.1. The molecule has 3 nitrogen and oxygen atoms in total. The quantitative estimate of drug-likeness (QED) is 0.640. The lowest BCUT2D eigenvalue weighted by molar-refractivity contribution is -0.126. The molecule has 1 aromatic rings. The van der Waals surface area contributed by atoms with E-state index in [4.69, 9.17) is 18.0 Å². The first-order valence-corrected chi connectivity index (χ1v) is 6.89. The van der Waals surface area contributed by atoms with Crippen molar-refractivity contribution >= 4 is 29.2 Å². The van der Waals surface area contributed by atoms with Gasteiger partial charge in [-0.3, -0.25) is 4.79 Å². The summed E-state index contributed by atoms with van der Waals surface area (Å²) < 4.78 is 0. The predicted octanol–water partition coefficient (Wildman–Crippen LogP) is 2.37. The molecule has 2 N–H and O–H groups in total. The molecular weight excluding hydrogens is 256 g/mol. The number of amides is 1. The third kappa shape index (κ3) is 4.48. The minimum absolute atomic E-state index is 0.0441. The lowest BCUT2D eigenvalue weighted by atomic mass is 10.2. The fraction of sp³-hybridized carbons (Fsp3) is 0.333. The van der Waals surface area contributed by atoms with Crippen LogP contribution in [0.2, 0.25) is 0 Å². The number of hydrogen-bond acceptors (Lipinski definition) is 2. The van der Waals surface area contributed by atoms with Crippen molar-refractivity contribution in [2.45, 2.75) is 25.3 Å². The number of thiocarbonyl (C=S) groups is 1. The van der Waals surface area contributed by atoms with Crippen LogP contribution in [0.5, 0.6) is 0 Å². The Bertz CT molecular complexity index is 480. The fourth-order valence-electron chi connectivity index (χ4n) is 1.92. The van der Waals surface area contributed by atoms with Crippen molar-refractivity contribution in [1.29, 1.82) is 0 Å². The van der Waals surface area contributed by atoms with Crippen molar-refractivity contribution in [3.8, 4) is 0 Å². The highest BCUT2D eigenvalue weighted by molar-refractivity contribution is 7.80. The van der Waals surface area contributed by atoms with E-state index in [0.29, 0.717) is 24.0 Å². The summed E-state index contributed by atoms with van der Waals surface area (Å²) in [6.45, 7) is 0.623. The third-order valence-corrected chi connectivity index (χ3v) is 3.29. The summed E-state index contributed by atoms with van der Waals surface area (Å²) in [6.07, 6.45) is 6.24. The van der Waals surface area contributed by atoms with Crippen LogP contribution in [0, 0.1) is 0 Å². The van der Waals surface area contributed by atoms with Gasteiger partial charge in [-0.25, -0.2) is 0 Å². The standard InChI is InChI=1S/C15H18N2OS/c16-14(19)10-11-17(13-7-8-13)15(18)9-6-12-4-2-1-3-5-12/h1-6,9,13H,7-8,10-11H2,(H2,16,19)/b9-6+. The summed E-state index contributed by atoms with van der Waals surface area (Å²) in [6, 6.07) is 10.2. The molecule has 0 aromatic heterocycles. The van der Waals surface area contributed by atoms with Gasteiger partial charge in [0.25, 0.3) is 0 Å². The van der Waals surface area contributed by atoms with Gasteiger partial charge >= 0.3 is 0 Å². The molecule has 4 heteroatoms. The first-order chi connectivity index (χ1) is 9.16. The Hall–Kier alpha value is -1.68. The van der Waals surface area contributed by atoms with Gasteiger partial charge in [-0.15, -0.1) is 0 Å². The molecule has 0 spiro atoms. The lowest BCUT2D eigenvalue weighted by Gasteiger charge is -2.20. The van der Waals surface area contributed by atoms with Gasteiger partial charge in [0.05, 0.1) is 4.99 Å². The molecule has 19 heavy (non-hydrogen) atoms. The molecule has 1 aromatic carbocycles. The number of nitrogens with two attached hydrogens (primary N) is 1. The van der Waals surface area contributed by atoms with Crippen LogP contribution in [-0.4, -0.2) is 28.4 Å². The zero-order chi connectivity index (χ0) is 13.7. The van der Waals surface area contributed by atoms with Crippen LogP contribution in [-0.2, 0) is 4.79 Å². The average molecular weight is 274 g/mol. The largest absolute Gasteiger partial charge is 0.393 e. The van der Waals surface area contributed by atoms with Gasteiger partial charge in [0.2, 0.25) is 5.91 Å².